The van der Waals surface area contributed by atoms with Crippen LogP contribution in [0.2, 0.25) is 0 Å². The summed E-state index contributed by atoms with van der Waals surface area (Å²) in [6.07, 6.45) is 10.7. The summed E-state index contributed by atoms with van der Waals surface area (Å²) in [5.41, 5.74) is 3.77. The molecule has 0 aromatic heterocycles. The molecule has 26 heavy (non-hydrogen) atoms. The summed E-state index contributed by atoms with van der Waals surface area (Å²) in [6.45, 7) is 8.39. The van der Waals surface area contributed by atoms with Gasteiger partial charge in [-0.2, -0.15) is 0 Å². The van der Waals surface area contributed by atoms with Crippen LogP contribution in [0.5, 0.6) is 0 Å². The van der Waals surface area contributed by atoms with Crippen LogP contribution in [0.3, 0.4) is 0 Å². The molecule has 0 bridgehead atoms. The number of rotatable bonds is 9. The molecule has 0 radical (unpaired) electrons. The van der Waals surface area contributed by atoms with Gasteiger partial charge in [-0.25, -0.2) is 0 Å². The van der Waals surface area contributed by atoms with E-state index < -0.39 is 5.41 Å². The number of carbonyl (C=O) groups excluding carboxylic acids is 1. The fourth-order valence-electron chi connectivity index (χ4n) is 4.88. The molecule has 1 fully saturated rings. The van der Waals surface area contributed by atoms with Gasteiger partial charge in [-0.15, -0.1) is 0 Å². The molecule has 0 heterocycles. The van der Waals surface area contributed by atoms with Crippen molar-refractivity contribution in [2.75, 3.05) is 0 Å². The van der Waals surface area contributed by atoms with Gasteiger partial charge in [0.2, 0.25) is 0 Å². The molecule has 0 aliphatic heterocycles. The second-order valence-corrected chi connectivity index (χ2v) is 9.12. The van der Waals surface area contributed by atoms with Crippen LogP contribution in [0.15, 0.2) is 12.1 Å². The number of ketones is 1. The average Bonchev–Trinajstić information content (AvgIpc) is 2.61. The summed E-state index contributed by atoms with van der Waals surface area (Å²) in [4.78, 5) is 13.8. The minimum absolute atomic E-state index is 0.0349. The van der Waals surface area contributed by atoms with Gasteiger partial charge in [-0.1, -0.05) is 69.6 Å². The fraction of sp³-hybridized carbons (Fsp3) is 0.696. The zero-order valence-electron chi connectivity index (χ0n) is 17.1. The smallest absolute Gasteiger partial charge is 0.170 e. The van der Waals surface area contributed by atoms with Crippen LogP contribution in [0, 0.1) is 26.2 Å². The number of benzene rings is 1. The Balaban J connectivity index is 2.36. The third kappa shape index (κ3) is 4.63. The Morgan fingerprint density at radius 3 is 2.19 bits per heavy atom. The molecule has 144 valence electrons. The molecule has 1 aliphatic rings. The van der Waals surface area contributed by atoms with Crippen molar-refractivity contribution in [2.45, 2.75) is 97.6 Å². The molecule has 0 N–H and O–H groups in total. The summed E-state index contributed by atoms with van der Waals surface area (Å²) in [7, 11) is 0.161. The first-order chi connectivity index (χ1) is 12.5. The molecule has 1 atom stereocenters. The van der Waals surface area contributed by atoms with E-state index in [0.29, 0.717) is 0 Å². The quantitative estimate of drug-likeness (QED) is 0.257. The summed E-state index contributed by atoms with van der Waals surface area (Å²) >= 11 is 0. The maximum absolute atomic E-state index is 13.8. The van der Waals surface area contributed by atoms with E-state index in [1.165, 1.54) is 31.2 Å². The fourth-order valence-corrected chi connectivity index (χ4v) is 5.74. The predicted molar refractivity (Wildman–Crippen MR) is 111 cm³/mol. The number of carbonyl (C=O) groups is 1. The lowest BCUT2D eigenvalue weighted by atomic mass is 9.65. The van der Waals surface area contributed by atoms with E-state index in [1.807, 2.05) is 0 Å². The van der Waals surface area contributed by atoms with Crippen molar-refractivity contribution >= 4 is 14.2 Å². The van der Waals surface area contributed by atoms with Gasteiger partial charge in [-0.05, 0) is 51.2 Å². The Bertz CT molecular complexity index is 606. The summed E-state index contributed by atoms with van der Waals surface area (Å²) in [6, 6.07) is 4.23. The number of Topliss-reactive ketones (excluding diaryl/α,β-unsaturated/α-hetero) is 1. The van der Waals surface area contributed by atoms with Crippen LogP contribution < -0.4 is 0 Å². The molecule has 2 nitrogen and oxygen atoms in total. The number of hydrogen-bond donors (Lipinski definition) is 0. The van der Waals surface area contributed by atoms with Gasteiger partial charge in [-0.3, -0.25) is 9.36 Å². The van der Waals surface area contributed by atoms with Gasteiger partial charge in [0.15, 0.2) is 14.2 Å². The van der Waals surface area contributed by atoms with Crippen molar-refractivity contribution in [2.24, 2.45) is 5.41 Å². The maximum Gasteiger partial charge on any atom is 0.170 e. The summed E-state index contributed by atoms with van der Waals surface area (Å²) in [5.74, 6) is 0.260. The molecular weight excluding hydrogens is 339 g/mol. The molecule has 0 saturated heterocycles. The molecule has 0 amide bonds. The van der Waals surface area contributed by atoms with Gasteiger partial charge in [0.25, 0.3) is 0 Å². The van der Waals surface area contributed by atoms with E-state index in [-0.39, 0.29) is 19.9 Å². The van der Waals surface area contributed by atoms with Gasteiger partial charge in [0.05, 0.1) is 5.66 Å². The van der Waals surface area contributed by atoms with Crippen molar-refractivity contribution in [3.63, 3.8) is 0 Å². The third-order valence-corrected chi connectivity index (χ3v) is 7.21. The average molecular weight is 375 g/mol. The Kier molecular flexibility index (Phi) is 8.02. The Hall–Kier alpha value is -1.01. The van der Waals surface area contributed by atoms with Crippen LogP contribution in [0.4, 0.5) is 0 Å². The number of aryl methyl sites for hydroxylation is 3. The van der Waals surface area contributed by atoms with E-state index in [1.54, 1.807) is 0 Å². The molecular formula is C23H35O2P. The zero-order valence-corrected chi connectivity index (χ0v) is 18.0. The third-order valence-electron chi connectivity index (χ3n) is 6.20. The van der Waals surface area contributed by atoms with Gasteiger partial charge in [0, 0.05) is 11.0 Å². The second kappa shape index (κ2) is 9.79. The highest BCUT2D eigenvalue weighted by Gasteiger charge is 2.47. The van der Waals surface area contributed by atoms with E-state index >= 15 is 0 Å². The normalized spacial score (nSPS) is 18.0. The summed E-state index contributed by atoms with van der Waals surface area (Å²) < 4.78 is 12.2. The standard InChI is InChI=1S/C23H35O2P/c1-5-6-7-9-12-20(26-25)23(13-10-8-11-14-23)22(24)21-18(3)15-17(2)16-19(21)4/h15-16,20H,5-14H2,1-4H3. The monoisotopic (exact) mass is 374 g/mol. The summed E-state index contributed by atoms with van der Waals surface area (Å²) in [5, 5.41) is 0. The molecule has 1 aromatic carbocycles. The van der Waals surface area contributed by atoms with Gasteiger partial charge < -0.3 is 0 Å². The molecule has 2 rings (SSSR count). The van der Waals surface area contributed by atoms with Crippen molar-refractivity contribution in [3.8, 4) is 0 Å². The molecule has 1 saturated carbocycles. The maximum atomic E-state index is 13.8. The predicted octanol–water partition coefficient (Wildman–Crippen LogP) is 7.38. The Morgan fingerprint density at radius 1 is 1.04 bits per heavy atom. The SMILES string of the molecule is CCCCCCC(P=O)C1(C(=O)c2c(C)cc(C)cc2C)CCCCC1. The van der Waals surface area contributed by atoms with E-state index in [4.69, 9.17) is 0 Å². The number of hydrogen-bond acceptors (Lipinski definition) is 2. The van der Waals surface area contributed by atoms with Crippen LogP contribution in [-0.4, -0.2) is 11.4 Å². The first kappa shape index (κ1) is 21.3. The highest BCUT2D eigenvalue weighted by Crippen LogP contribution is 2.48. The second-order valence-electron chi connectivity index (χ2n) is 8.29. The van der Waals surface area contributed by atoms with Gasteiger partial charge in [0.1, 0.15) is 0 Å². The lowest BCUT2D eigenvalue weighted by molar-refractivity contribution is 0.0692. The number of unbranched alkanes of at least 4 members (excludes halogenated alkanes) is 3. The van der Waals surface area contributed by atoms with Gasteiger partial charge >= 0.3 is 0 Å². The van der Waals surface area contributed by atoms with Crippen molar-refractivity contribution in [3.05, 3.63) is 34.4 Å². The Morgan fingerprint density at radius 2 is 1.65 bits per heavy atom. The Labute approximate surface area is 161 Å². The minimum Gasteiger partial charge on any atom is -0.293 e. The lowest BCUT2D eigenvalue weighted by Gasteiger charge is -2.40. The van der Waals surface area contributed by atoms with Crippen LogP contribution >= 0.6 is 8.46 Å². The molecule has 1 unspecified atom stereocenters. The first-order valence-corrected chi connectivity index (χ1v) is 11.3. The highest BCUT2D eigenvalue weighted by molar-refractivity contribution is 7.24. The van der Waals surface area contributed by atoms with Crippen LogP contribution in [0.1, 0.15) is 98.2 Å². The molecule has 0 spiro atoms. The molecule has 1 aromatic rings. The molecule has 1 aliphatic carbocycles. The first-order valence-electron chi connectivity index (χ1n) is 10.4. The van der Waals surface area contributed by atoms with E-state index in [9.17, 15) is 9.36 Å². The van der Waals surface area contributed by atoms with Crippen LogP contribution in [0.25, 0.3) is 0 Å². The van der Waals surface area contributed by atoms with E-state index in [0.717, 1.165) is 55.2 Å². The largest absolute Gasteiger partial charge is 0.293 e. The topological polar surface area (TPSA) is 34.1 Å². The highest BCUT2D eigenvalue weighted by atomic mass is 31.1. The van der Waals surface area contributed by atoms with Crippen molar-refractivity contribution in [1.29, 1.82) is 0 Å². The lowest BCUT2D eigenvalue weighted by Crippen LogP contribution is -2.42. The molecule has 3 heteroatoms. The zero-order chi connectivity index (χ0) is 19.2. The van der Waals surface area contributed by atoms with Crippen LogP contribution in [-0.2, 0) is 4.57 Å². The van der Waals surface area contributed by atoms with E-state index in [2.05, 4.69) is 39.8 Å². The minimum atomic E-state index is -0.432. The van der Waals surface area contributed by atoms with Crippen molar-refractivity contribution in [1.82, 2.24) is 0 Å². The van der Waals surface area contributed by atoms with Crippen molar-refractivity contribution < 1.29 is 9.36 Å².